The summed E-state index contributed by atoms with van der Waals surface area (Å²) in [6.45, 7) is 1.46. The molecule has 1 N–H and O–H groups in total. The second-order valence-corrected chi connectivity index (χ2v) is 9.19. The van der Waals surface area contributed by atoms with Crippen LogP contribution in [0.2, 0.25) is 0 Å². The van der Waals surface area contributed by atoms with Gasteiger partial charge in [0.15, 0.2) is 0 Å². The predicted octanol–water partition coefficient (Wildman–Crippen LogP) is 5.04. The zero-order chi connectivity index (χ0) is 22.9. The van der Waals surface area contributed by atoms with Crippen LogP contribution in [0.25, 0.3) is 0 Å². The van der Waals surface area contributed by atoms with Gasteiger partial charge in [0.25, 0.3) is 0 Å². The quantitative estimate of drug-likeness (QED) is 0.697. The number of benzene rings is 1. The number of carbonyl (C=O) groups excluding carboxylic acids is 2. The first-order chi connectivity index (χ1) is 15.2. The minimum atomic E-state index is -4.60. The van der Waals surface area contributed by atoms with Gasteiger partial charge in [-0.05, 0) is 50.3 Å². The second-order valence-electron chi connectivity index (χ2n) is 9.19. The number of hydrogen-bond donors (Lipinski definition) is 1. The van der Waals surface area contributed by atoms with Gasteiger partial charge >= 0.3 is 12.3 Å². The number of ether oxygens (including phenoxy) is 1. The number of halogens is 3. The van der Waals surface area contributed by atoms with Crippen LogP contribution >= 0.6 is 0 Å². The van der Waals surface area contributed by atoms with E-state index in [0.717, 1.165) is 45.3 Å². The van der Waals surface area contributed by atoms with Crippen LogP contribution < -0.4 is 10.2 Å². The lowest BCUT2D eigenvalue weighted by Crippen LogP contribution is -2.50. The molecule has 2 aliphatic heterocycles. The topological polar surface area (TPSA) is 61.9 Å². The molecule has 2 saturated heterocycles. The Kier molecular flexibility index (Phi) is 6.27. The Morgan fingerprint density at radius 3 is 2.56 bits per heavy atom. The predicted molar refractivity (Wildman–Crippen MR) is 115 cm³/mol. The summed E-state index contributed by atoms with van der Waals surface area (Å²) in [6.07, 6.45) is 2.18. The molecule has 32 heavy (non-hydrogen) atoms. The Morgan fingerprint density at radius 2 is 1.88 bits per heavy atom. The molecule has 1 aromatic carbocycles. The van der Waals surface area contributed by atoms with E-state index >= 15 is 0 Å². The van der Waals surface area contributed by atoms with E-state index in [1.54, 1.807) is 4.90 Å². The van der Waals surface area contributed by atoms with E-state index in [2.05, 4.69) is 10.1 Å². The van der Waals surface area contributed by atoms with Crippen molar-refractivity contribution >= 4 is 23.4 Å². The number of alkyl halides is 3. The maximum absolute atomic E-state index is 13.9. The van der Waals surface area contributed by atoms with Crippen molar-refractivity contribution in [1.29, 1.82) is 0 Å². The second kappa shape index (κ2) is 8.83. The number of hydrogen-bond acceptors (Lipinski definition) is 4. The summed E-state index contributed by atoms with van der Waals surface area (Å²) in [6, 6.07) is 4.03. The van der Waals surface area contributed by atoms with E-state index in [1.165, 1.54) is 18.6 Å². The number of rotatable bonds is 3. The maximum atomic E-state index is 13.9. The first kappa shape index (κ1) is 22.7. The highest BCUT2D eigenvalue weighted by Gasteiger charge is 2.51. The molecule has 176 valence electrons. The molecule has 2 heterocycles. The van der Waals surface area contributed by atoms with Crippen molar-refractivity contribution in [2.45, 2.75) is 63.6 Å². The zero-order valence-electron chi connectivity index (χ0n) is 18.3. The highest BCUT2D eigenvalue weighted by molar-refractivity contribution is 5.87. The summed E-state index contributed by atoms with van der Waals surface area (Å²) < 4.78 is 46.2. The van der Waals surface area contributed by atoms with Crippen molar-refractivity contribution in [2.75, 3.05) is 37.0 Å². The van der Waals surface area contributed by atoms with Crippen molar-refractivity contribution in [3.63, 3.8) is 0 Å². The molecule has 1 atom stereocenters. The zero-order valence-corrected chi connectivity index (χ0v) is 18.3. The van der Waals surface area contributed by atoms with Gasteiger partial charge < -0.3 is 14.5 Å². The van der Waals surface area contributed by atoms with Gasteiger partial charge in [-0.25, -0.2) is 4.79 Å². The molecule has 1 saturated carbocycles. The van der Waals surface area contributed by atoms with Crippen LogP contribution in [-0.4, -0.2) is 49.7 Å². The summed E-state index contributed by atoms with van der Waals surface area (Å²) >= 11 is 0. The minimum Gasteiger partial charge on any atom is -0.453 e. The van der Waals surface area contributed by atoms with Crippen LogP contribution in [0.1, 0.15) is 56.9 Å². The van der Waals surface area contributed by atoms with Gasteiger partial charge in [-0.3, -0.25) is 10.1 Å². The first-order valence-corrected chi connectivity index (χ1v) is 11.4. The summed E-state index contributed by atoms with van der Waals surface area (Å²) in [7, 11) is 1.15. The van der Waals surface area contributed by atoms with Crippen molar-refractivity contribution in [3.8, 4) is 0 Å². The Balaban J connectivity index is 1.58. The summed E-state index contributed by atoms with van der Waals surface area (Å²) in [5.41, 5.74) is -1.37. The smallest absolute Gasteiger partial charge is 0.418 e. The van der Waals surface area contributed by atoms with E-state index in [9.17, 15) is 22.8 Å². The van der Waals surface area contributed by atoms with Crippen LogP contribution in [0.4, 0.5) is 29.3 Å². The first-order valence-electron chi connectivity index (χ1n) is 11.4. The van der Waals surface area contributed by atoms with Crippen molar-refractivity contribution < 1.29 is 27.5 Å². The molecule has 3 fully saturated rings. The Morgan fingerprint density at radius 1 is 1.12 bits per heavy atom. The molecule has 1 aliphatic carbocycles. The molecule has 0 bridgehead atoms. The van der Waals surface area contributed by atoms with Crippen LogP contribution in [0.15, 0.2) is 18.2 Å². The van der Waals surface area contributed by atoms with Crippen molar-refractivity contribution in [3.05, 3.63) is 23.8 Å². The average molecular weight is 454 g/mol. The molecule has 1 spiro atoms. The number of methoxy groups -OCH3 is 1. The van der Waals surface area contributed by atoms with Gasteiger partial charge in [0.2, 0.25) is 5.91 Å². The minimum absolute atomic E-state index is 0.0139. The third kappa shape index (κ3) is 4.38. The lowest BCUT2D eigenvalue weighted by atomic mass is 9.78. The van der Waals surface area contributed by atoms with Gasteiger partial charge in [0.05, 0.1) is 18.1 Å². The fourth-order valence-corrected chi connectivity index (χ4v) is 5.59. The van der Waals surface area contributed by atoms with E-state index in [1.807, 2.05) is 4.90 Å². The van der Waals surface area contributed by atoms with E-state index in [-0.39, 0.29) is 23.3 Å². The number of carbonyl (C=O) groups is 2. The van der Waals surface area contributed by atoms with E-state index < -0.39 is 23.2 Å². The summed E-state index contributed by atoms with van der Waals surface area (Å²) in [5, 5.41) is 2.29. The number of likely N-dealkylation sites (tertiary alicyclic amines) is 1. The summed E-state index contributed by atoms with van der Waals surface area (Å²) in [4.78, 5) is 28.6. The van der Waals surface area contributed by atoms with Gasteiger partial charge in [0.1, 0.15) is 0 Å². The fourth-order valence-electron chi connectivity index (χ4n) is 5.59. The molecular formula is C23H30F3N3O3. The summed E-state index contributed by atoms with van der Waals surface area (Å²) in [5.74, 6) is 0.117. The number of amides is 2. The molecular weight excluding hydrogens is 423 g/mol. The third-order valence-corrected chi connectivity index (χ3v) is 7.21. The number of nitrogens with one attached hydrogen (secondary N) is 1. The largest absolute Gasteiger partial charge is 0.453 e. The molecule has 3 aliphatic rings. The molecule has 4 rings (SSSR count). The highest BCUT2D eigenvalue weighted by Crippen LogP contribution is 2.46. The van der Waals surface area contributed by atoms with E-state index in [4.69, 9.17) is 0 Å². The third-order valence-electron chi connectivity index (χ3n) is 7.21. The Bertz CT molecular complexity index is 870. The average Bonchev–Trinajstić information content (AvgIpc) is 3.09. The fraction of sp³-hybridized carbons (Fsp3) is 0.652. The molecule has 0 radical (unpaired) electrons. The normalized spacial score (nSPS) is 24.8. The number of piperidine rings is 1. The van der Waals surface area contributed by atoms with Crippen LogP contribution in [0, 0.1) is 5.41 Å². The standard InChI is InChI=1S/C23H30F3N3O3/c1-32-21(31)27-16-8-9-19(18(14-16)23(24,25)26)28-12-5-10-22(15-28)11-13-29(20(22)30)17-6-3-2-4-7-17/h8-9,14,17H,2-7,10-13,15H2,1H3,(H,27,31)/t22-/m1/s1. The van der Waals surface area contributed by atoms with Crippen LogP contribution in [0.5, 0.6) is 0 Å². The van der Waals surface area contributed by atoms with Gasteiger partial charge in [-0.1, -0.05) is 19.3 Å². The molecule has 6 nitrogen and oxygen atoms in total. The number of nitrogens with zero attached hydrogens (tertiary/aromatic N) is 2. The molecule has 2 amide bonds. The van der Waals surface area contributed by atoms with Crippen molar-refractivity contribution in [2.24, 2.45) is 5.41 Å². The maximum Gasteiger partial charge on any atom is 0.418 e. The molecule has 9 heteroatoms. The Labute approximate surface area is 186 Å². The van der Waals surface area contributed by atoms with Gasteiger partial charge in [-0.15, -0.1) is 0 Å². The molecule has 1 aromatic rings. The lowest BCUT2D eigenvalue weighted by molar-refractivity contribution is -0.139. The van der Waals surface area contributed by atoms with Crippen molar-refractivity contribution in [1.82, 2.24) is 4.90 Å². The lowest BCUT2D eigenvalue weighted by Gasteiger charge is -2.42. The monoisotopic (exact) mass is 453 g/mol. The molecule has 0 unspecified atom stereocenters. The number of anilines is 2. The molecule has 0 aromatic heterocycles. The van der Waals surface area contributed by atoms with E-state index in [0.29, 0.717) is 32.5 Å². The van der Waals surface area contributed by atoms with Gasteiger partial charge in [-0.2, -0.15) is 13.2 Å². The SMILES string of the molecule is COC(=O)Nc1ccc(N2CCC[C@@]3(CCN(C4CCCCC4)C3=O)C2)c(C(F)(F)F)c1. The highest BCUT2D eigenvalue weighted by atomic mass is 19.4. The van der Waals surface area contributed by atoms with Crippen LogP contribution in [0.3, 0.4) is 0 Å². The van der Waals surface area contributed by atoms with Gasteiger partial charge in [0, 0.05) is 37.1 Å². The van der Waals surface area contributed by atoms with Crippen LogP contribution in [-0.2, 0) is 15.7 Å². The Hall–Kier alpha value is -2.45.